The summed E-state index contributed by atoms with van der Waals surface area (Å²) < 4.78 is 48.9. The maximum Gasteiger partial charge on any atom is 0.573 e. The molecule has 32 heavy (non-hydrogen) atoms. The molecule has 1 heterocycles. The third-order valence-electron chi connectivity index (χ3n) is 4.66. The van der Waals surface area contributed by atoms with E-state index in [4.69, 9.17) is 21.3 Å². The molecular weight excluding hydrogens is 441 g/mol. The van der Waals surface area contributed by atoms with Gasteiger partial charge in [0.15, 0.2) is 0 Å². The zero-order valence-corrected chi connectivity index (χ0v) is 17.7. The Kier molecular flexibility index (Phi) is 6.10. The molecule has 0 bridgehead atoms. The second-order valence-electron chi connectivity index (χ2n) is 6.88. The van der Waals surface area contributed by atoms with E-state index in [9.17, 15) is 13.2 Å². The molecule has 4 aromatic rings. The molecule has 0 fully saturated rings. The van der Waals surface area contributed by atoms with E-state index >= 15 is 0 Å². The minimum absolute atomic E-state index is 0.228. The van der Waals surface area contributed by atoms with Crippen molar-refractivity contribution < 1.29 is 22.6 Å². The van der Waals surface area contributed by atoms with Crippen molar-refractivity contribution in [3.63, 3.8) is 0 Å². The average Bonchev–Trinajstić information content (AvgIpc) is 2.74. The van der Waals surface area contributed by atoms with Crippen LogP contribution in [0.15, 0.2) is 84.0 Å². The Morgan fingerprint density at radius 1 is 0.906 bits per heavy atom. The van der Waals surface area contributed by atoms with Crippen LogP contribution in [0.25, 0.3) is 10.9 Å². The van der Waals surface area contributed by atoms with Gasteiger partial charge in [0, 0.05) is 29.2 Å². The molecule has 4 nitrogen and oxygen atoms in total. The van der Waals surface area contributed by atoms with Gasteiger partial charge in [-0.05, 0) is 67.6 Å². The van der Waals surface area contributed by atoms with Crippen molar-refractivity contribution in [2.75, 3.05) is 0 Å². The van der Waals surface area contributed by atoms with E-state index in [0.29, 0.717) is 16.5 Å². The van der Waals surface area contributed by atoms with E-state index in [1.165, 1.54) is 18.2 Å². The highest BCUT2D eigenvalue weighted by Gasteiger charge is 2.31. The molecule has 164 valence electrons. The fraction of sp³-hybridized carbons (Fsp3) is 0.125. The minimum Gasteiger partial charge on any atom is -0.457 e. The number of pyridine rings is 1. The highest BCUT2D eigenvalue weighted by molar-refractivity contribution is 6.31. The second kappa shape index (κ2) is 8.96. The fourth-order valence-electron chi connectivity index (χ4n) is 3.26. The third kappa shape index (κ3) is 5.23. The number of aromatic nitrogens is 1. The van der Waals surface area contributed by atoms with Gasteiger partial charge in [-0.25, -0.2) is 4.99 Å². The van der Waals surface area contributed by atoms with Gasteiger partial charge in [0.2, 0.25) is 0 Å². The monoisotopic (exact) mass is 458 g/mol. The molecule has 4 rings (SSSR count). The number of nitrogens with zero attached hydrogens (tertiary/aromatic N) is 2. The van der Waals surface area contributed by atoms with Crippen molar-refractivity contribution in [2.24, 2.45) is 4.99 Å². The van der Waals surface area contributed by atoms with E-state index in [1.807, 2.05) is 30.5 Å². The predicted molar refractivity (Wildman–Crippen MR) is 117 cm³/mol. The minimum atomic E-state index is -4.76. The molecule has 0 saturated carbocycles. The number of hydrogen-bond donors (Lipinski definition) is 0. The first-order chi connectivity index (χ1) is 15.3. The van der Waals surface area contributed by atoms with Gasteiger partial charge in [-0.1, -0.05) is 17.7 Å². The number of benzene rings is 3. The lowest BCUT2D eigenvalue weighted by Crippen LogP contribution is -2.16. The van der Waals surface area contributed by atoms with Crippen molar-refractivity contribution in [2.45, 2.75) is 19.8 Å². The van der Waals surface area contributed by atoms with E-state index < -0.39 is 6.36 Å². The van der Waals surface area contributed by atoms with Crippen LogP contribution >= 0.6 is 11.6 Å². The van der Waals surface area contributed by atoms with E-state index in [1.54, 1.807) is 30.3 Å². The van der Waals surface area contributed by atoms with Crippen LogP contribution in [-0.2, 0) is 6.54 Å². The molecule has 0 aliphatic rings. The van der Waals surface area contributed by atoms with Gasteiger partial charge in [0.1, 0.15) is 17.2 Å². The Balaban J connectivity index is 1.59. The summed E-state index contributed by atoms with van der Waals surface area (Å²) in [5, 5.41) is 2.43. The van der Waals surface area contributed by atoms with Gasteiger partial charge in [-0.15, -0.1) is 13.2 Å². The molecule has 0 radical (unpaired) electrons. The molecule has 0 amide bonds. The maximum atomic E-state index is 12.4. The van der Waals surface area contributed by atoms with Crippen molar-refractivity contribution in [1.82, 2.24) is 4.57 Å². The van der Waals surface area contributed by atoms with Gasteiger partial charge in [-0.2, -0.15) is 0 Å². The topological polar surface area (TPSA) is 35.8 Å². The van der Waals surface area contributed by atoms with Crippen molar-refractivity contribution in [1.29, 1.82) is 0 Å². The van der Waals surface area contributed by atoms with Crippen molar-refractivity contribution >= 4 is 28.2 Å². The van der Waals surface area contributed by atoms with Gasteiger partial charge in [0.25, 0.3) is 0 Å². The van der Waals surface area contributed by atoms with Gasteiger partial charge in [0.05, 0.1) is 16.6 Å². The molecular formula is C24H18ClF3N2O2. The van der Waals surface area contributed by atoms with Gasteiger partial charge < -0.3 is 14.0 Å². The summed E-state index contributed by atoms with van der Waals surface area (Å²) in [7, 11) is 0. The third-order valence-corrected chi connectivity index (χ3v) is 4.89. The summed E-state index contributed by atoms with van der Waals surface area (Å²) in [6.07, 6.45) is -2.80. The Hall–Kier alpha value is -3.45. The number of aryl methyl sites for hydroxylation is 1. The lowest BCUT2D eigenvalue weighted by atomic mass is 10.2. The zero-order chi connectivity index (χ0) is 22.7. The maximum absolute atomic E-state index is 12.4. The summed E-state index contributed by atoms with van der Waals surface area (Å²) in [5.41, 5.74) is 1.69. The lowest BCUT2D eigenvalue weighted by molar-refractivity contribution is -0.274. The molecule has 0 atom stereocenters. The second-order valence-corrected chi connectivity index (χ2v) is 7.32. The van der Waals surface area contributed by atoms with Crippen LogP contribution in [0.1, 0.15) is 6.92 Å². The predicted octanol–water partition coefficient (Wildman–Crippen LogP) is 7.24. The smallest absolute Gasteiger partial charge is 0.457 e. The quantitative estimate of drug-likeness (QED) is 0.316. The van der Waals surface area contributed by atoms with Crippen LogP contribution in [0.5, 0.6) is 17.2 Å². The Morgan fingerprint density at radius 3 is 2.38 bits per heavy atom. The summed E-state index contributed by atoms with van der Waals surface area (Å²) >= 11 is 6.16. The van der Waals surface area contributed by atoms with Crippen molar-refractivity contribution in [3.05, 3.63) is 89.4 Å². The zero-order valence-electron chi connectivity index (χ0n) is 16.9. The van der Waals surface area contributed by atoms with Crippen LogP contribution in [0.4, 0.5) is 18.9 Å². The number of alkyl halides is 3. The Bertz CT molecular complexity index is 1320. The normalized spacial score (nSPS) is 12.2. The van der Waals surface area contributed by atoms with Crippen LogP contribution in [-0.4, -0.2) is 10.9 Å². The summed E-state index contributed by atoms with van der Waals surface area (Å²) in [4.78, 5) is 4.72. The van der Waals surface area contributed by atoms with Crippen LogP contribution < -0.4 is 14.8 Å². The molecule has 0 N–H and O–H groups in total. The average molecular weight is 459 g/mol. The molecule has 0 aliphatic carbocycles. The summed E-state index contributed by atoms with van der Waals surface area (Å²) in [6.45, 7) is 2.86. The van der Waals surface area contributed by atoms with Gasteiger partial charge >= 0.3 is 6.36 Å². The highest BCUT2D eigenvalue weighted by atomic mass is 35.5. The Morgan fingerprint density at radius 2 is 1.66 bits per heavy atom. The number of halogens is 4. The standard InChI is InChI=1S/C24H18ClF3N2O2/c1-2-30-13-12-22(21-11-6-16(25)14-23(21)30)29-17-7-9-18(10-8-17)31-19-4-3-5-20(15-19)32-24(26,27)28/h3-15H,2H2,1H3. The Labute approximate surface area is 187 Å². The molecule has 0 unspecified atom stereocenters. The summed E-state index contributed by atoms with van der Waals surface area (Å²) in [6, 6.07) is 19.9. The highest BCUT2D eigenvalue weighted by Crippen LogP contribution is 2.29. The number of rotatable bonds is 5. The molecule has 8 heteroatoms. The number of fused-ring (bicyclic) bond motifs is 1. The molecule has 0 aliphatic heterocycles. The molecule has 3 aromatic carbocycles. The molecule has 0 spiro atoms. The van der Waals surface area contributed by atoms with Crippen LogP contribution in [0.3, 0.4) is 0 Å². The number of hydrogen-bond acceptors (Lipinski definition) is 3. The lowest BCUT2D eigenvalue weighted by Gasteiger charge is -2.11. The molecule has 1 aromatic heterocycles. The first-order valence-corrected chi connectivity index (χ1v) is 10.2. The first kappa shape index (κ1) is 21.8. The van der Waals surface area contributed by atoms with E-state index in [0.717, 1.165) is 22.8 Å². The van der Waals surface area contributed by atoms with E-state index in [-0.39, 0.29) is 11.5 Å². The first-order valence-electron chi connectivity index (χ1n) is 9.78. The van der Waals surface area contributed by atoms with Gasteiger partial charge in [-0.3, -0.25) is 0 Å². The molecule has 0 saturated heterocycles. The number of ether oxygens (including phenoxy) is 2. The van der Waals surface area contributed by atoms with E-state index in [2.05, 4.69) is 16.2 Å². The fourth-order valence-corrected chi connectivity index (χ4v) is 3.43. The van der Waals surface area contributed by atoms with Crippen LogP contribution in [0, 0.1) is 0 Å². The largest absolute Gasteiger partial charge is 0.573 e. The summed E-state index contributed by atoms with van der Waals surface area (Å²) in [5.74, 6) is 0.343. The van der Waals surface area contributed by atoms with Crippen LogP contribution in [0.2, 0.25) is 5.02 Å². The van der Waals surface area contributed by atoms with Crippen molar-refractivity contribution in [3.8, 4) is 17.2 Å². The SMILES string of the molecule is CCn1ccc(=Nc2ccc(Oc3cccc(OC(F)(F)F)c3)cc2)c2ccc(Cl)cc21.